The molecule has 0 aliphatic carbocycles. The maximum absolute atomic E-state index is 12.9. The summed E-state index contributed by atoms with van der Waals surface area (Å²) >= 11 is 0. The van der Waals surface area contributed by atoms with Gasteiger partial charge in [-0.25, -0.2) is 9.18 Å². The highest BCUT2D eigenvalue weighted by molar-refractivity contribution is 5.91. The SMILES string of the molecule is Cc1ccc2c(C)c(CCC(=O)Nc3ccc(F)cc3)c(=O)oc2c1. The van der Waals surface area contributed by atoms with Crippen LogP contribution in [0.1, 0.15) is 23.1 Å². The van der Waals surface area contributed by atoms with Gasteiger partial charge < -0.3 is 9.73 Å². The molecule has 1 amide bonds. The smallest absolute Gasteiger partial charge is 0.339 e. The van der Waals surface area contributed by atoms with Crippen LogP contribution in [0.2, 0.25) is 0 Å². The summed E-state index contributed by atoms with van der Waals surface area (Å²) in [5.74, 6) is -0.605. The number of aryl methyl sites for hydroxylation is 2. The number of carbonyl (C=O) groups excluding carboxylic acids is 1. The van der Waals surface area contributed by atoms with Crippen LogP contribution in [0.3, 0.4) is 0 Å². The zero-order valence-electron chi connectivity index (χ0n) is 14.1. The van der Waals surface area contributed by atoms with Crippen molar-refractivity contribution in [3.63, 3.8) is 0 Å². The summed E-state index contributed by atoms with van der Waals surface area (Å²) in [5, 5.41) is 3.56. The molecule has 2 aromatic carbocycles. The highest BCUT2D eigenvalue weighted by atomic mass is 19.1. The number of amides is 1. The molecule has 0 atom stereocenters. The van der Waals surface area contributed by atoms with E-state index in [2.05, 4.69) is 5.32 Å². The molecule has 25 heavy (non-hydrogen) atoms. The molecule has 1 heterocycles. The molecule has 0 spiro atoms. The van der Waals surface area contributed by atoms with Crippen LogP contribution in [0.25, 0.3) is 11.0 Å². The van der Waals surface area contributed by atoms with E-state index in [-0.39, 0.29) is 24.6 Å². The monoisotopic (exact) mass is 339 g/mol. The van der Waals surface area contributed by atoms with E-state index in [0.29, 0.717) is 16.8 Å². The van der Waals surface area contributed by atoms with Crippen molar-refractivity contribution in [3.05, 3.63) is 75.4 Å². The molecular formula is C20H18FNO3. The maximum Gasteiger partial charge on any atom is 0.339 e. The molecule has 0 unspecified atom stereocenters. The van der Waals surface area contributed by atoms with E-state index in [0.717, 1.165) is 16.5 Å². The topological polar surface area (TPSA) is 59.3 Å². The van der Waals surface area contributed by atoms with E-state index in [4.69, 9.17) is 4.42 Å². The van der Waals surface area contributed by atoms with E-state index in [1.54, 1.807) is 0 Å². The normalized spacial score (nSPS) is 10.8. The Balaban J connectivity index is 1.76. The highest BCUT2D eigenvalue weighted by Crippen LogP contribution is 2.21. The van der Waals surface area contributed by atoms with Gasteiger partial charge in [-0.05, 0) is 61.7 Å². The predicted octanol–water partition coefficient (Wildman–Crippen LogP) is 4.12. The number of anilines is 1. The van der Waals surface area contributed by atoms with Crippen molar-refractivity contribution in [2.24, 2.45) is 0 Å². The number of halogens is 1. The van der Waals surface area contributed by atoms with Crippen LogP contribution in [-0.4, -0.2) is 5.91 Å². The zero-order chi connectivity index (χ0) is 18.0. The van der Waals surface area contributed by atoms with Crippen LogP contribution < -0.4 is 10.9 Å². The van der Waals surface area contributed by atoms with E-state index in [1.807, 2.05) is 32.0 Å². The fourth-order valence-electron chi connectivity index (χ4n) is 2.79. The summed E-state index contributed by atoms with van der Waals surface area (Å²) < 4.78 is 18.3. The molecule has 4 nitrogen and oxygen atoms in total. The third-order valence-corrected chi connectivity index (χ3v) is 4.17. The molecule has 1 N–H and O–H groups in total. The number of hydrogen-bond acceptors (Lipinski definition) is 3. The molecule has 0 fully saturated rings. The zero-order valence-corrected chi connectivity index (χ0v) is 14.1. The third-order valence-electron chi connectivity index (χ3n) is 4.17. The Labute approximate surface area is 144 Å². The molecule has 3 rings (SSSR count). The summed E-state index contributed by atoms with van der Waals surface area (Å²) in [5.41, 5.74) is 3.02. The molecule has 128 valence electrons. The van der Waals surface area contributed by atoms with Gasteiger partial charge in [0, 0.05) is 23.1 Å². The Kier molecular flexibility index (Phi) is 4.65. The van der Waals surface area contributed by atoms with Crippen LogP contribution in [0, 0.1) is 19.7 Å². The molecule has 0 aliphatic rings. The second-order valence-electron chi connectivity index (χ2n) is 6.05. The maximum atomic E-state index is 12.9. The minimum Gasteiger partial charge on any atom is -0.423 e. The summed E-state index contributed by atoms with van der Waals surface area (Å²) in [7, 11) is 0. The lowest BCUT2D eigenvalue weighted by Crippen LogP contribution is -2.16. The first-order valence-corrected chi connectivity index (χ1v) is 8.02. The average Bonchev–Trinajstić information content (AvgIpc) is 2.56. The van der Waals surface area contributed by atoms with Crippen molar-refractivity contribution in [1.29, 1.82) is 0 Å². The van der Waals surface area contributed by atoms with Crippen LogP contribution in [-0.2, 0) is 11.2 Å². The van der Waals surface area contributed by atoms with Crippen molar-refractivity contribution in [2.75, 3.05) is 5.32 Å². The Morgan fingerprint density at radius 2 is 1.84 bits per heavy atom. The third kappa shape index (κ3) is 3.76. The van der Waals surface area contributed by atoms with Crippen LogP contribution in [0.4, 0.5) is 10.1 Å². The molecule has 5 heteroatoms. The summed E-state index contributed by atoms with van der Waals surface area (Å²) in [6.45, 7) is 3.80. The Morgan fingerprint density at radius 1 is 1.12 bits per heavy atom. The number of rotatable bonds is 4. The molecule has 0 radical (unpaired) electrons. The second-order valence-corrected chi connectivity index (χ2v) is 6.05. The highest BCUT2D eigenvalue weighted by Gasteiger charge is 2.13. The fourth-order valence-corrected chi connectivity index (χ4v) is 2.79. The quantitative estimate of drug-likeness (QED) is 0.727. The van der Waals surface area contributed by atoms with Crippen LogP contribution in [0.15, 0.2) is 51.7 Å². The van der Waals surface area contributed by atoms with Gasteiger partial charge >= 0.3 is 5.63 Å². The lowest BCUT2D eigenvalue weighted by Gasteiger charge is -2.09. The predicted molar refractivity (Wildman–Crippen MR) is 95.3 cm³/mol. The van der Waals surface area contributed by atoms with Gasteiger partial charge in [-0.1, -0.05) is 12.1 Å². The number of benzene rings is 2. The van der Waals surface area contributed by atoms with Crippen molar-refractivity contribution in [2.45, 2.75) is 26.7 Å². The Bertz CT molecular complexity index is 990. The van der Waals surface area contributed by atoms with Gasteiger partial charge in [-0.2, -0.15) is 0 Å². The van der Waals surface area contributed by atoms with Gasteiger partial charge in [0.25, 0.3) is 0 Å². The van der Waals surface area contributed by atoms with Gasteiger partial charge in [-0.15, -0.1) is 0 Å². The molecule has 3 aromatic rings. The van der Waals surface area contributed by atoms with Crippen LogP contribution in [0.5, 0.6) is 0 Å². The lowest BCUT2D eigenvalue weighted by molar-refractivity contribution is -0.116. The van der Waals surface area contributed by atoms with Crippen molar-refractivity contribution < 1.29 is 13.6 Å². The van der Waals surface area contributed by atoms with E-state index in [1.165, 1.54) is 24.3 Å². The summed E-state index contributed by atoms with van der Waals surface area (Å²) in [6.07, 6.45) is 0.422. The number of hydrogen-bond donors (Lipinski definition) is 1. The van der Waals surface area contributed by atoms with Crippen LogP contribution >= 0.6 is 0 Å². The summed E-state index contributed by atoms with van der Waals surface area (Å²) in [4.78, 5) is 24.3. The molecule has 0 saturated heterocycles. The molecule has 0 aliphatic heterocycles. The molecule has 0 bridgehead atoms. The first-order valence-electron chi connectivity index (χ1n) is 8.02. The largest absolute Gasteiger partial charge is 0.423 e. The minimum absolute atomic E-state index is 0.139. The van der Waals surface area contributed by atoms with Gasteiger partial charge in [0.1, 0.15) is 11.4 Å². The van der Waals surface area contributed by atoms with E-state index in [9.17, 15) is 14.0 Å². The minimum atomic E-state index is -0.412. The second kappa shape index (κ2) is 6.89. The van der Waals surface area contributed by atoms with Crippen molar-refractivity contribution in [1.82, 2.24) is 0 Å². The van der Waals surface area contributed by atoms with E-state index >= 15 is 0 Å². The average molecular weight is 339 g/mol. The standard InChI is InChI=1S/C20H18FNO3/c1-12-3-8-16-13(2)17(20(24)25-18(16)11-12)9-10-19(23)22-15-6-4-14(21)5-7-15/h3-8,11H,9-10H2,1-2H3,(H,22,23). The first-order chi connectivity index (χ1) is 11.9. The van der Waals surface area contributed by atoms with E-state index < -0.39 is 5.63 Å². The number of carbonyl (C=O) groups is 1. The molecular weight excluding hydrogens is 321 g/mol. The van der Waals surface area contributed by atoms with Gasteiger partial charge in [-0.3, -0.25) is 4.79 Å². The Morgan fingerprint density at radius 3 is 2.56 bits per heavy atom. The molecule has 0 saturated carbocycles. The number of fused-ring (bicyclic) bond motifs is 1. The molecule has 1 aromatic heterocycles. The van der Waals surface area contributed by atoms with Gasteiger partial charge in [0.2, 0.25) is 5.91 Å². The van der Waals surface area contributed by atoms with Crippen molar-refractivity contribution in [3.8, 4) is 0 Å². The number of nitrogens with one attached hydrogen (secondary N) is 1. The first kappa shape index (κ1) is 16.9. The van der Waals surface area contributed by atoms with Gasteiger partial charge in [0.05, 0.1) is 0 Å². The lowest BCUT2D eigenvalue weighted by atomic mass is 10.0. The van der Waals surface area contributed by atoms with Gasteiger partial charge in [0.15, 0.2) is 0 Å². The Hall–Kier alpha value is -2.95. The van der Waals surface area contributed by atoms with Crippen molar-refractivity contribution >= 4 is 22.6 Å². The summed E-state index contributed by atoms with van der Waals surface area (Å²) in [6, 6.07) is 11.2. The fraction of sp³-hybridized carbons (Fsp3) is 0.200.